The molecule has 154 valence electrons. The Morgan fingerprint density at radius 2 is 1.97 bits per heavy atom. The van der Waals surface area contributed by atoms with Crippen LogP contribution >= 0.6 is 0 Å². The third-order valence-corrected chi connectivity index (χ3v) is 7.24. The Kier molecular flexibility index (Phi) is 4.81. The van der Waals surface area contributed by atoms with Gasteiger partial charge in [-0.2, -0.15) is 0 Å². The molecule has 1 saturated carbocycles. The fourth-order valence-corrected chi connectivity index (χ4v) is 6.12. The molecule has 4 aliphatic rings. The first kappa shape index (κ1) is 19.3. The molecule has 3 aliphatic carbocycles. The Morgan fingerprint density at radius 3 is 2.76 bits per heavy atom. The van der Waals surface area contributed by atoms with Crippen LogP contribution in [0.25, 0.3) is 0 Å². The van der Waals surface area contributed by atoms with Crippen LogP contribution in [0.5, 0.6) is 0 Å². The molecule has 1 saturated heterocycles. The summed E-state index contributed by atoms with van der Waals surface area (Å²) in [5, 5.41) is 10.1. The lowest BCUT2D eigenvalue weighted by Gasteiger charge is -2.50. The van der Waals surface area contributed by atoms with Crippen molar-refractivity contribution in [2.75, 3.05) is 6.61 Å². The molecule has 5 rings (SSSR count). The van der Waals surface area contributed by atoms with Gasteiger partial charge in [-0.25, -0.2) is 0 Å². The first-order valence-electron chi connectivity index (χ1n) is 11.2. The number of allylic oxidation sites excluding steroid dienone is 3. The molecule has 0 aromatic heterocycles. The van der Waals surface area contributed by atoms with E-state index in [4.69, 9.17) is 9.47 Å². The molecule has 3 heteroatoms. The van der Waals surface area contributed by atoms with E-state index in [1.165, 1.54) is 36.0 Å². The van der Waals surface area contributed by atoms with Gasteiger partial charge in [0.2, 0.25) is 0 Å². The predicted molar refractivity (Wildman–Crippen MR) is 114 cm³/mol. The second-order valence-electron chi connectivity index (χ2n) is 9.49. The van der Waals surface area contributed by atoms with E-state index in [1.54, 1.807) is 0 Å². The SMILES string of the molecule is CC1(C)O[C@H]2C3=C4[C@@H](CCCC[C@@]42O1)[C@H](CCc1ccccc1)/C=C\C=C/3CO. The molecule has 1 heterocycles. The van der Waals surface area contributed by atoms with Gasteiger partial charge >= 0.3 is 0 Å². The topological polar surface area (TPSA) is 38.7 Å². The molecule has 0 unspecified atom stereocenters. The van der Waals surface area contributed by atoms with Crippen LogP contribution in [0.4, 0.5) is 0 Å². The first-order valence-corrected chi connectivity index (χ1v) is 11.2. The summed E-state index contributed by atoms with van der Waals surface area (Å²) < 4.78 is 13.0. The summed E-state index contributed by atoms with van der Waals surface area (Å²) in [5.41, 5.74) is 4.80. The minimum Gasteiger partial charge on any atom is -0.392 e. The lowest BCUT2D eigenvalue weighted by molar-refractivity contribution is -0.154. The summed E-state index contributed by atoms with van der Waals surface area (Å²) in [7, 11) is 0. The average Bonchev–Trinajstić information content (AvgIpc) is 2.81. The quantitative estimate of drug-likeness (QED) is 0.773. The maximum absolute atomic E-state index is 10.1. The second kappa shape index (κ2) is 7.23. The zero-order chi connectivity index (χ0) is 20.1. The lowest BCUT2D eigenvalue weighted by Crippen LogP contribution is -2.55. The molecule has 29 heavy (non-hydrogen) atoms. The van der Waals surface area contributed by atoms with Crippen LogP contribution in [0.15, 0.2) is 65.3 Å². The van der Waals surface area contributed by atoms with E-state index in [1.807, 2.05) is 13.8 Å². The van der Waals surface area contributed by atoms with Gasteiger partial charge in [0.15, 0.2) is 5.79 Å². The largest absolute Gasteiger partial charge is 0.392 e. The van der Waals surface area contributed by atoms with Crippen molar-refractivity contribution in [1.29, 1.82) is 0 Å². The van der Waals surface area contributed by atoms with E-state index < -0.39 is 5.79 Å². The molecule has 1 aromatic carbocycles. The highest BCUT2D eigenvalue weighted by atomic mass is 16.8. The molecular formula is C26H32O3. The third-order valence-electron chi connectivity index (χ3n) is 7.24. The van der Waals surface area contributed by atoms with E-state index in [9.17, 15) is 5.11 Å². The normalized spacial score (nSPS) is 37.9. The van der Waals surface area contributed by atoms with Crippen LogP contribution in [0, 0.1) is 11.8 Å². The van der Waals surface area contributed by atoms with E-state index in [2.05, 4.69) is 48.6 Å². The Labute approximate surface area is 174 Å². The molecule has 0 amide bonds. The van der Waals surface area contributed by atoms with E-state index >= 15 is 0 Å². The third kappa shape index (κ3) is 3.15. The summed E-state index contributed by atoms with van der Waals surface area (Å²) in [6.45, 7) is 4.12. The maximum atomic E-state index is 10.1. The van der Waals surface area contributed by atoms with E-state index in [-0.39, 0.29) is 18.3 Å². The minimum absolute atomic E-state index is 0.0345. The number of hydrogen-bond donors (Lipinski definition) is 1. The predicted octanol–water partition coefficient (Wildman–Crippen LogP) is 5.11. The zero-order valence-electron chi connectivity index (χ0n) is 17.6. The number of fused-ring (bicyclic) bond motifs is 1. The molecular weight excluding hydrogens is 360 g/mol. The van der Waals surface area contributed by atoms with Gasteiger partial charge in [0.25, 0.3) is 0 Å². The summed E-state index contributed by atoms with van der Waals surface area (Å²) in [6.07, 6.45) is 13.5. The Balaban J connectivity index is 1.53. The second-order valence-corrected chi connectivity index (χ2v) is 9.49. The molecule has 2 fully saturated rings. The average molecular weight is 393 g/mol. The van der Waals surface area contributed by atoms with Gasteiger partial charge in [-0.15, -0.1) is 0 Å². The number of aliphatic hydroxyl groups excluding tert-OH is 1. The Morgan fingerprint density at radius 1 is 1.14 bits per heavy atom. The number of benzene rings is 1. The number of hydrogen-bond acceptors (Lipinski definition) is 3. The fraction of sp³-hybridized carbons (Fsp3) is 0.538. The van der Waals surface area contributed by atoms with E-state index in [0.29, 0.717) is 11.8 Å². The van der Waals surface area contributed by atoms with Crippen molar-refractivity contribution < 1.29 is 14.6 Å². The van der Waals surface area contributed by atoms with Crippen molar-refractivity contribution in [3.8, 4) is 0 Å². The van der Waals surface area contributed by atoms with Crippen molar-refractivity contribution in [3.05, 3.63) is 70.8 Å². The van der Waals surface area contributed by atoms with Gasteiger partial charge in [-0.1, -0.05) is 61.4 Å². The molecule has 0 radical (unpaired) electrons. The smallest absolute Gasteiger partial charge is 0.165 e. The van der Waals surface area contributed by atoms with Crippen molar-refractivity contribution in [3.63, 3.8) is 0 Å². The maximum Gasteiger partial charge on any atom is 0.165 e. The summed E-state index contributed by atoms with van der Waals surface area (Å²) >= 11 is 0. The van der Waals surface area contributed by atoms with Crippen LogP contribution in [-0.4, -0.2) is 29.2 Å². The van der Waals surface area contributed by atoms with Gasteiger partial charge in [-0.05, 0) is 73.6 Å². The van der Waals surface area contributed by atoms with Gasteiger partial charge in [0.05, 0.1) is 6.61 Å². The van der Waals surface area contributed by atoms with Gasteiger partial charge < -0.3 is 14.6 Å². The van der Waals surface area contributed by atoms with Gasteiger partial charge in [0.1, 0.15) is 11.7 Å². The summed E-state index contributed by atoms with van der Waals surface area (Å²) in [5.74, 6) is 0.380. The van der Waals surface area contributed by atoms with Gasteiger partial charge in [0, 0.05) is 0 Å². The highest BCUT2D eigenvalue weighted by Crippen LogP contribution is 2.62. The van der Waals surface area contributed by atoms with Gasteiger partial charge in [-0.3, -0.25) is 0 Å². The monoisotopic (exact) mass is 392 g/mol. The van der Waals surface area contributed by atoms with Crippen molar-refractivity contribution in [2.45, 2.75) is 69.9 Å². The number of rotatable bonds is 4. The Bertz CT molecular complexity index is 863. The van der Waals surface area contributed by atoms with Crippen LogP contribution in [0.3, 0.4) is 0 Å². The van der Waals surface area contributed by atoms with Crippen LogP contribution in [-0.2, 0) is 15.9 Å². The highest BCUT2D eigenvalue weighted by Gasteiger charge is 2.66. The minimum atomic E-state index is -0.575. The standard InChI is InChI=1S/C26H32O3/c1-25(2)28-24-22-20(17-27)12-8-11-19(15-14-18-9-4-3-5-10-18)21-13-6-7-16-26(24,29-25)23(21)22/h3-5,8-12,19,21,24,27H,6-7,13-17H2,1-2H3/b11-8-,20-12-/t19-,21-,24-,26+/m0/s1. The van der Waals surface area contributed by atoms with Crippen LogP contribution in [0.2, 0.25) is 0 Å². The number of aryl methyl sites for hydroxylation is 1. The molecule has 1 spiro atoms. The molecule has 1 N–H and O–H groups in total. The molecule has 0 bridgehead atoms. The lowest BCUT2D eigenvalue weighted by atomic mass is 9.59. The van der Waals surface area contributed by atoms with E-state index in [0.717, 1.165) is 24.8 Å². The Hall–Kier alpha value is -1.68. The van der Waals surface area contributed by atoms with Crippen LogP contribution < -0.4 is 0 Å². The number of aliphatic hydroxyl groups is 1. The molecule has 1 aliphatic heterocycles. The van der Waals surface area contributed by atoms with Crippen molar-refractivity contribution in [1.82, 2.24) is 0 Å². The fourth-order valence-electron chi connectivity index (χ4n) is 6.12. The molecule has 4 atom stereocenters. The first-order chi connectivity index (χ1) is 14.0. The summed E-state index contributed by atoms with van der Waals surface area (Å²) in [6, 6.07) is 10.8. The van der Waals surface area contributed by atoms with Crippen molar-refractivity contribution in [2.24, 2.45) is 11.8 Å². The zero-order valence-corrected chi connectivity index (χ0v) is 17.6. The molecule has 1 aromatic rings. The highest BCUT2D eigenvalue weighted by molar-refractivity contribution is 5.58. The molecule has 3 nitrogen and oxygen atoms in total. The van der Waals surface area contributed by atoms with Crippen molar-refractivity contribution >= 4 is 0 Å². The number of ether oxygens (including phenoxy) is 2. The van der Waals surface area contributed by atoms with Crippen LogP contribution in [0.1, 0.15) is 51.5 Å². The summed E-state index contributed by atoms with van der Waals surface area (Å²) in [4.78, 5) is 0.